The monoisotopic (exact) mass is 509 g/mol. The molecule has 0 fully saturated rings. The highest BCUT2D eigenvalue weighted by Crippen LogP contribution is 2.36. The topological polar surface area (TPSA) is 38.7 Å². The van der Waals surface area contributed by atoms with E-state index in [4.69, 9.17) is 9.97 Å². The van der Waals surface area contributed by atoms with E-state index in [-0.39, 0.29) is 0 Å². The number of pyridine rings is 1. The summed E-state index contributed by atoms with van der Waals surface area (Å²) < 4.78 is 0. The van der Waals surface area contributed by atoms with Gasteiger partial charge in [-0.05, 0) is 63.4 Å². The van der Waals surface area contributed by atoms with E-state index in [2.05, 4.69) is 114 Å². The summed E-state index contributed by atoms with van der Waals surface area (Å²) in [6.07, 6.45) is 5.63. The van der Waals surface area contributed by atoms with Crippen molar-refractivity contribution < 1.29 is 0 Å². The van der Waals surface area contributed by atoms with Gasteiger partial charge in [0.1, 0.15) is 0 Å². The van der Waals surface area contributed by atoms with E-state index in [9.17, 15) is 0 Å². The smallest absolute Gasteiger partial charge is 0.160 e. The van der Waals surface area contributed by atoms with E-state index in [1.54, 1.807) is 6.20 Å². The van der Waals surface area contributed by atoms with E-state index in [0.29, 0.717) is 5.82 Å². The highest BCUT2D eigenvalue weighted by Gasteiger charge is 2.15. The molecular weight excluding hydrogens is 486 g/mol. The molecule has 0 radical (unpaired) electrons. The molecule has 0 bridgehead atoms. The fourth-order valence-corrected chi connectivity index (χ4v) is 5.11. The lowest BCUT2D eigenvalue weighted by Crippen LogP contribution is -1.97. The molecule has 0 aliphatic rings. The number of hydrogen-bond donors (Lipinski definition) is 0. The zero-order chi connectivity index (χ0) is 26.7. The Morgan fingerprint density at radius 3 is 2.17 bits per heavy atom. The minimum absolute atomic E-state index is 0.705. The van der Waals surface area contributed by atoms with E-state index >= 15 is 0 Å². The van der Waals surface area contributed by atoms with E-state index in [0.717, 1.165) is 55.6 Å². The van der Waals surface area contributed by atoms with Gasteiger partial charge in [0.2, 0.25) is 0 Å². The third-order valence-electron chi connectivity index (χ3n) is 7.14. The van der Waals surface area contributed by atoms with Crippen molar-refractivity contribution in [2.24, 2.45) is 0 Å². The average Bonchev–Trinajstić information content (AvgIpc) is 3.05. The molecule has 0 N–H and O–H groups in total. The van der Waals surface area contributed by atoms with Gasteiger partial charge in [-0.25, -0.2) is 9.97 Å². The molecule has 3 nitrogen and oxygen atoms in total. The van der Waals surface area contributed by atoms with Crippen LogP contribution in [0.4, 0.5) is 0 Å². The first-order chi connectivity index (χ1) is 19.8. The Morgan fingerprint density at radius 2 is 1.32 bits per heavy atom. The Hall–Kier alpha value is -5.59. The second-order valence-electron chi connectivity index (χ2n) is 9.60. The van der Waals surface area contributed by atoms with Crippen LogP contribution in [-0.4, -0.2) is 15.0 Å². The van der Waals surface area contributed by atoms with Gasteiger partial charge in [0.25, 0.3) is 0 Å². The summed E-state index contributed by atoms with van der Waals surface area (Å²) >= 11 is 0. The van der Waals surface area contributed by atoms with Crippen molar-refractivity contribution in [3.63, 3.8) is 0 Å². The Balaban J connectivity index is 1.39. The fourth-order valence-electron chi connectivity index (χ4n) is 5.11. The highest BCUT2D eigenvalue weighted by atomic mass is 14.9. The lowest BCUT2D eigenvalue weighted by Gasteiger charge is -2.14. The van der Waals surface area contributed by atoms with Gasteiger partial charge >= 0.3 is 0 Å². The summed E-state index contributed by atoms with van der Waals surface area (Å²) in [6, 6.07) is 47.6. The molecule has 186 valence electrons. The first kappa shape index (κ1) is 23.5. The zero-order valence-corrected chi connectivity index (χ0v) is 21.6. The summed E-state index contributed by atoms with van der Waals surface area (Å²) in [5, 5.41) is 2.30. The number of nitrogens with zero attached hydrogens (tertiary/aromatic N) is 3. The van der Waals surface area contributed by atoms with Crippen LogP contribution in [0.25, 0.3) is 66.8 Å². The van der Waals surface area contributed by atoms with Crippen LogP contribution in [0.15, 0.2) is 140 Å². The Kier molecular flexibility index (Phi) is 6.05. The van der Waals surface area contributed by atoms with Gasteiger partial charge in [-0.3, -0.25) is 4.98 Å². The molecule has 0 aliphatic heterocycles. The molecular formula is C37H23N3. The summed E-state index contributed by atoms with van der Waals surface area (Å²) in [7, 11) is 0. The molecule has 5 aromatic carbocycles. The predicted molar refractivity (Wildman–Crippen MR) is 162 cm³/mol. The van der Waals surface area contributed by atoms with Crippen LogP contribution in [0.2, 0.25) is 0 Å². The van der Waals surface area contributed by atoms with Crippen molar-refractivity contribution in [2.45, 2.75) is 0 Å². The van der Waals surface area contributed by atoms with Gasteiger partial charge < -0.3 is 0 Å². The second-order valence-corrected chi connectivity index (χ2v) is 9.60. The molecule has 0 atom stereocenters. The maximum atomic E-state index is 5.21. The van der Waals surface area contributed by atoms with Crippen molar-refractivity contribution in [1.29, 1.82) is 0 Å². The number of fused-ring (bicyclic) bond motifs is 1. The SMILES string of the molecule is c1ccc(-c2ccc(-c3nc(-c4cccc5ccccc45)ncc3-c3cccc(-c4cccnc4)c3)cc2)cc#1. The first-order valence-electron chi connectivity index (χ1n) is 13.2. The van der Waals surface area contributed by atoms with Gasteiger partial charge in [-0.1, -0.05) is 103 Å². The first-order valence-corrected chi connectivity index (χ1v) is 13.2. The van der Waals surface area contributed by atoms with Crippen molar-refractivity contribution in [2.75, 3.05) is 0 Å². The number of aromatic nitrogens is 3. The van der Waals surface area contributed by atoms with Crippen LogP contribution in [0.5, 0.6) is 0 Å². The predicted octanol–water partition coefficient (Wildman–Crippen LogP) is 8.96. The lowest BCUT2D eigenvalue weighted by atomic mass is 9.96. The van der Waals surface area contributed by atoms with Gasteiger partial charge in [0.15, 0.2) is 5.82 Å². The Morgan fingerprint density at radius 1 is 0.525 bits per heavy atom. The molecule has 0 saturated heterocycles. The zero-order valence-electron chi connectivity index (χ0n) is 21.6. The maximum Gasteiger partial charge on any atom is 0.160 e. The summed E-state index contributed by atoms with van der Waals surface area (Å²) in [5.41, 5.74) is 9.36. The molecule has 7 aromatic rings. The lowest BCUT2D eigenvalue weighted by molar-refractivity contribution is 1.19. The van der Waals surface area contributed by atoms with Crippen molar-refractivity contribution in [1.82, 2.24) is 15.0 Å². The highest BCUT2D eigenvalue weighted by molar-refractivity contribution is 5.95. The molecule has 0 spiro atoms. The van der Waals surface area contributed by atoms with Crippen molar-refractivity contribution in [3.05, 3.63) is 152 Å². The van der Waals surface area contributed by atoms with Gasteiger partial charge in [0.05, 0.1) is 5.69 Å². The van der Waals surface area contributed by atoms with Crippen LogP contribution in [-0.2, 0) is 0 Å². The van der Waals surface area contributed by atoms with Gasteiger partial charge in [-0.2, -0.15) is 0 Å². The maximum absolute atomic E-state index is 5.21. The van der Waals surface area contributed by atoms with Crippen LogP contribution in [0, 0.1) is 12.1 Å². The minimum Gasteiger partial charge on any atom is -0.264 e. The van der Waals surface area contributed by atoms with E-state index in [1.807, 2.05) is 36.7 Å². The van der Waals surface area contributed by atoms with Crippen molar-refractivity contribution in [3.8, 4) is 56.0 Å². The molecule has 3 heteroatoms. The average molecular weight is 510 g/mol. The molecule has 7 rings (SSSR count). The van der Waals surface area contributed by atoms with Crippen LogP contribution in [0.3, 0.4) is 0 Å². The summed E-state index contributed by atoms with van der Waals surface area (Å²) in [4.78, 5) is 14.4. The number of rotatable bonds is 5. The Labute approximate surface area is 233 Å². The normalized spacial score (nSPS) is 10.8. The second kappa shape index (κ2) is 10.3. The molecule has 0 unspecified atom stereocenters. The molecule has 2 heterocycles. The summed E-state index contributed by atoms with van der Waals surface area (Å²) in [5.74, 6) is 0.705. The minimum atomic E-state index is 0.705. The summed E-state index contributed by atoms with van der Waals surface area (Å²) in [6.45, 7) is 0. The number of benzene rings is 4. The van der Waals surface area contributed by atoms with Crippen molar-refractivity contribution >= 4 is 10.8 Å². The third-order valence-corrected chi connectivity index (χ3v) is 7.14. The van der Waals surface area contributed by atoms with Crippen LogP contribution in [0.1, 0.15) is 0 Å². The Bertz CT molecular complexity index is 1920. The van der Waals surface area contributed by atoms with E-state index < -0.39 is 0 Å². The largest absolute Gasteiger partial charge is 0.264 e. The quantitative estimate of drug-likeness (QED) is 0.232. The standard InChI is InChI=1S/C37H23N3/c1-2-9-26(10-3-1)27-18-20-29(21-19-27)36-35(31-14-6-13-30(23-31)32-15-8-22-38-24-32)25-39-37(40-36)34-17-7-12-28-11-4-5-16-33(28)34/h2,4-25H. The van der Waals surface area contributed by atoms with E-state index in [1.165, 1.54) is 5.39 Å². The molecule has 0 amide bonds. The van der Waals surface area contributed by atoms with Gasteiger partial charge in [-0.15, -0.1) is 0 Å². The molecule has 40 heavy (non-hydrogen) atoms. The van der Waals surface area contributed by atoms with Gasteiger partial charge in [0, 0.05) is 40.8 Å². The fraction of sp³-hybridized carbons (Fsp3) is 0. The van der Waals surface area contributed by atoms with Crippen LogP contribution >= 0.6 is 0 Å². The number of hydrogen-bond acceptors (Lipinski definition) is 3. The molecule has 2 aromatic heterocycles. The molecule has 0 saturated carbocycles. The third kappa shape index (κ3) is 4.49. The van der Waals surface area contributed by atoms with Crippen LogP contribution < -0.4 is 0 Å². The molecule has 0 aliphatic carbocycles.